The van der Waals surface area contributed by atoms with Gasteiger partial charge in [-0.25, -0.2) is 0 Å². The summed E-state index contributed by atoms with van der Waals surface area (Å²) < 4.78 is 0. The first kappa shape index (κ1) is 13.5. The fourth-order valence-electron chi connectivity index (χ4n) is 2.27. The SMILES string of the molecule is CC(CC(=O)c1ccc(Cl)cc1)N1CCNCC1. The second kappa shape index (κ2) is 6.32. The molecule has 98 valence electrons. The third-order valence-electron chi connectivity index (χ3n) is 3.42. The van der Waals surface area contributed by atoms with E-state index in [9.17, 15) is 4.79 Å². The molecule has 2 rings (SSSR count). The molecule has 1 aliphatic heterocycles. The highest BCUT2D eigenvalue weighted by atomic mass is 35.5. The van der Waals surface area contributed by atoms with Gasteiger partial charge >= 0.3 is 0 Å². The third-order valence-corrected chi connectivity index (χ3v) is 3.67. The lowest BCUT2D eigenvalue weighted by Crippen LogP contribution is -2.48. The van der Waals surface area contributed by atoms with Crippen LogP contribution < -0.4 is 5.32 Å². The number of hydrogen-bond acceptors (Lipinski definition) is 3. The molecule has 1 atom stereocenters. The van der Waals surface area contributed by atoms with E-state index in [2.05, 4.69) is 17.1 Å². The minimum Gasteiger partial charge on any atom is -0.314 e. The van der Waals surface area contributed by atoms with Crippen molar-refractivity contribution in [3.8, 4) is 0 Å². The smallest absolute Gasteiger partial charge is 0.164 e. The standard InChI is InChI=1S/C14H19ClN2O/c1-11(17-8-6-16-7-9-17)10-14(18)12-2-4-13(15)5-3-12/h2-5,11,16H,6-10H2,1H3. The van der Waals surface area contributed by atoms with E-state index >= 15 is 0 Å². The first-order valence-corrected chi connectivity index (χ1v) is 6.78. The molecule has 1 fully saturated rings. The highest BCUT2D eigenvalue weighted by Crippen LogP contribution is 2.14. The van der Waals surface area contributed by atoms with Crippen molar-refractivity contribution in [3.05, 3.63) is 34.9 Å². The summed E-state index contributed by atoms with van der Waals surface area (Å²) in [6.45, 7) is 6.20. The molecule has 4 heteroatoms. The topological polar surface area (TPSA) is 32.3 Å². The molecule has 18 heavy (non-hydrogen) atoms. The van der Waals surface area contributed by atoms with E-state index in [1.165, 1.54) is 0 Å². The average Bonchev–Trinajstić information content (AvgIpc) is 2.40. The van der Waals surface area contributed by atoms with Crippen LogP contribution in [-0.2, 0) is 0 Å². The number of carbonyl (C=O) groups excluding carboxylic acids is 1. The van der Waals surface area contributed by atoms with Crippen LogP contribution in [0.3, 0.4) is 0 Å². The largest absolute Gasteiger partial charge is 0.314 e. The molecule has 0 radical (unpaired) electrons. The molecule has 0 bridgehead atoms. The fourth-order valence-corrected chi connectivity index (χ4v) is 2.40. The van der Waals surface area contributed by atoms with Crippen molar-refractivity contribution < 1.29 is 4.79 Å². The summed E-state index contributed by atoms with van der Waals surface area (Å²) in [5, 5.41) is 3.99. The molecular formula is C14H19ClN2O. The number of halogens is 1. The molecule has 1 aliphatic rings. The van der Waals surface area contributed by atoms with Gasteiger partial charge in [0.25, 0.3) is 0 Å². The molecule has 1 unspecified atom stereocenters. The molecule has 3 nitrogen and oxygen atoms in total. The molecule has 1 N–H and O–H groups in total. The molecular weight excluding hydrogens is 248 g/mol. The fraction of sp³-hybridized carbons (Fsp3) is 0.500. The highest BCUT2D eigenvalue weighted by Gasteiger charge is 2.19. The Hall–Kier alpha value is -0.900. The number of Topliss-reactive ketones (excluding diaryl/α,β-unsaturated/α-hetero) is 1. The van der Waals surface area contributed by atoms with E-state index in [1.807, 2.05) is 0 Å². The zero-order valence-electron chi connectivity index (χ0n) is 10.7. The third kappa shape index (κ3) is 3.55. The van der Waals surface area contributed by atoms with Gasteiger partial charge in [0, 0.05) is 49.2 Å². The van der Waals surface area contributed by atoms with Crippen molar-refractivity contribution in [3.63, 3.8) is 0 Å². The van der Waals surface area contributed by atoms with Crippen molar-refractivity contribution in [2.75, 3.05) is 26.2 Å². The quantitative estimate of drug-likeness (QED) is 0.848. The lowest BCUT2D eigenvalue weighted by Gasteiger charge is -2.32. The van der Waals surface area contributed by atoms with Crippen LogP contribution >= 0.6 is 11.6 Å². The maximum Gasteiger partial charge on any atom is 0.164 e. The van der Waals surface area contributed by atoms with Gasteiger partial charge in [0.05, 0.1) is 0 Å². The number of piperazine rings is 1. The minimum atomic E-state index is 0.192. The molecule has 1 aromatic rings. The number of ketones is 1. The number of nitrogens with one attached hydrogen (secondary N) is 1. The normalized spacial score (nSPS) is 18.6. The average molecular weight is 267 g/mol. The van der Waals surface area contributed by atoms with Crippen LogP contribution in [0.25, 0.3) is 0 Å². The molecule has 1 saturated heterocycles. The first-order chi connectivity index (χ1) is 8.66. The molecule has 0 saturated carbocycles. The van der Waals surface area contributed by atoms with Crippen LogP contribution in [0.2, 0.25) is 5.02 Å². The van der Waals surface area contributed by atoms with Crippen molar-refractivity contribution in [2.24, 2.45) is 0 Å². The van der Waals surface area contributed by atoms with Gasteiger partial charge < -0.3 is 5.32 Å². The second-order valence-electron chi connectivity index (χ2n) is 4.77. The van der Waals surface area contributed by atoms with E-state index in [0.29, 0.717) is 17.5 Å². The van der Waals surface area contributed by atoms with E-state index in [4.69, 9.17) is 11.6 Å². The zero-order chi connectivity index (χ0) is 13.0. The molecule has 0 amide bonds. The van der Waals surface area contributed by atoms with E-state index < -0.39 is 0 Å². The summed E-state index contributed by atoms with van der Waals surface area (Å²) in [6.07, 6.45) is 0.571. The predicted octanol–water partition coefficient (Wildman–Crippen LogP) is 2.21. The Balaban J connectivity index is 1.91. The maximum absolute atomic E-state index is 12.1. The van der Waals surface area contributed by atoms with E-state index in [1.54, 1.807) is 24.3 Å². The zero-order valence-corrected chi connectivity index (χ0v) is 11.4. The molecule has 0 aliphatic carbocycles. The summed E-state index contributed by atoms with van der Waals surface area (Å²) in [5.41, 5.74) is 0.751. The number of nitrogens with zero attached hydrogens (tertiary/aromatic N) is 1. The maximum atomic E-state index is 12.1. The first-order valence-electron chi connectivity index (χ1n) is 6.40. The van der Waals surface area contributed by atoms with Gasteiger partial charge in [0.1, 0.15) is 0 Å². The summed E-state index contributed by atoms with van der Waals surface area (Å²) >= 11 is 5.82. The molecule has 0 aromatic heterocycles. The minimum absolute atomic E-state index is 0.192. The summed E-state index contributed by atoms with van der Waals surface area (Å²) in [6, 6.07) is 7.44. The van der Waals surface area contributed by atoms with Crippen molar-refractivity contribution >= 4 is 17.4 Å². The summed E-state index contributed by atoms with van der Waals surface area (Å²) in [5.74, 6) is 0.192. The van der Waals surface area contributed by atoms with Gasteiger partial charge in [0.15, 0.2) is 5.78 Å². The predicted molar refractivity (Wildman–Crippen MR) is 74.3 cm³/mol. The van der Waals surface area contributed by atoms with Crippen LogP contribution in [0, 0.1) is 0 Å². The van der Waals surface area contributed by atoms with Crippen molar-refractivity contribution in [1.82, 2.24) is 10.2 Å². The van der Waals surface area contributed by atoms with Crippen molar-refractivity contribution in [2.45, 2.75) is 19.4 Å². The number of benzene rings is 1. The Morgan fingerprint density at radius 1 is 1.33 bits per heavy atom. The Kier molecular flexibility index (Phi) is 4.75. The van der Waals surface area contributed by atoms with E-state index in [-0.39, 0.29) is 5.78 Å². The lowest BCUT2D eigenvalue weighted by molar-refractivity contribution is 0.0918. The van der Waals surface area contributed by atoms with Crippen LogP contribution in [-0.4, -0.2) is 42.9 Å². The van der Waals surface area contributed by atoms with Crippen LogP contribution in [0.1, 0.15) is 23.7 Å². The van der Waals surface area contributed by atoms with Crippen LogP contribution in [0.15, 0.2) is 24.3 Å². The van der Waals surface area contributed by atoms with Crippen LogP contribution in [0.5, 0.6) is 0 Å². The van der Waals surface area contributed by atoms with Gasteiger partial charge in [-0.3, -0.25) is 9.69 Å². The van der Waals surface area contributed by atoms with Gasteiger partial charge in [0.2, 0.25) is 0 Å². The summed E-state index contributed by atoms with van der Waals surface area (Å²) in [7, 11) is 0. The Labute approximate surface area is 113 Å². The van der Waals surface area contributed by atoms with E-state index in [0.717, 1.165) is 31.7 Å². The van der Waals surface area contributed by atoms with Gasteiger partial charge in [-0.2, -0.15) is 0 Å². The van der Waals surface area contributed by atoms with Crippen molar-refractivity contribution in [1.29, 1.82) is 0 Å². The Bertz CT molecular complexity index is 399. The van der Waals surface area contributed by atoms with Gasteiger partial charge in [-0.15, -0.1) is 0 Å². The monoisotopic (exact) mass is 266 g/mol. The Morgan fingerprint density at radius 2 is 1.94 bits per heavy atom. The number of hydrogen-bond donors (Lipinski definition) is 1. The van der Waals surface area contributed by atoms with Gasteiger partial charge in [-0.05, 0) is 31.2 Å². The molecule has 0 spiro atoms. The number of carbonyl (C=O) groups is 1. The van der Waals surface area contributed by atoms with Gasteiger partial charge in [-0.1, -0.05) is 11.6 Å². The van der Waals surface area contributed by atoms with Crippen LogP contribution in [0.4, 0.5) is 0 Å². The molecule has 1 aromatic carbocycles. The Morgan fingerprint density at radius 3 is 2.56 bits per heavy atom. The summed E-state index contributed by atoms with van der Waals surface area (Å²) in [4.78, 5) is 14.5. The molecule has 1 heterocycles. The highest BCUT2D eigenvalue weighted by molar-refractivity contribution is 6.30. The second-order valence-corrected chi connectivity index (χ2v) is 5.21. The number of rotatable bonds is 4. The lowest BCUT2D eigenvalue weighted by atomic mass is 10.0.